The summed E-state index contributed by atoms with van der Waals surface area (Å²) in [5, 5.41) is 0. The number of para-hydroxylation sites is 1. The van der Waals surface area contributed by atoms with E-state index in [1.165, 1.54) is 25.2 Å². The second-order valence-electron chi connectivity index (χ2n) is 4.47. The summed E-state index contributed by atoms with van der Waals surface area (Å²) in [6, 6.07) is 12.3. The number of benzene rings is 1. The Bertz CT molecular complexity index is 320. The van der Waals surface area contributed by atoms with Crippen LogP contribution in [0.5, 0.6) is 0 Å². The molecule has 0 radical (unpaired) electrons. The van der Waals surface area contributed by atoms with Crippen molar-refractivity contribution in [2.45, 2.75) is 18.5 Å². The van der Waals surface area contributed by atoms with Crippen molar-refractivity contribution in [3.05, 3.63) is 30.3 Å². The van der Waals surface area contributed by atoms with Gasteiger partial charge in [0.05, 0.1) is 0 Å². The van der Waals surface area contributed by atoms with Crippen molar-refractivity contribution in [1.82, 2.24) is 4.90 Å². The van der Waals surface area contributed by atoms with Crippen LogP contribution in [0.1, 0.15) is 6.42 Å². The molecule has 0 aliphatic carbocycles. The Hall–Kier alpha value is -1.02. The molecule has 2 aliphatic rings. The summed E-state index contributed by atoms with van der Waals surface area (Å²) in [6.45, 7) is 2.45. The third-order valence-electron chi connectivity index (χ3n) is 3.60. The molecule has 2 saturated heterocycles. The van der Waals surface area contributed by atoms with Gasteiger partial charge in [0, 0.05) is 30.9 Å². The maximum Gasteiger partial charge on any atom is 0.0433 e. The lowest BCUT2D eigenvalue weighted by Crippen LogP contribution is -2.44. The number of anilines is 1. The number of likely N-dealkylation sites (N-methyl/N-ethyl adjacent to an activating group) is 1. The number of hydrogen-bond acceptors (Lipinski definition) is 2. The molecule has 0 amide bonds. The van der Waals surface area contributed by atoms with Gasteiger partial charge in [-0.1, -0.05) is 18.2 Å². The van der Waals surface area contributed by atoms with E-state index < -0.39 is 0 Å². The first kappa shape index (κ1) is 8.30. The van der Waals surface area contributed by atoms with E-state index in [0.717, 1.165) is 12.1 Å². The molecule has 14 heavy (non-hydrogen) atoms. The minimum Gasteiger partial charge on any atom is -0.366 e. The number of hydrogen-bond donors (Lipinski definition) is 0. The molecule has 2 aliphatic heterocycles. The van der Waals surface area contributed by atoms with E-state index in [-0.39, 0.29) is 0 Å². The molecule has 2 heteroatoms. The number of likely N-dealkylation sites (tertiary alicyclic amines) is 1. The highest BCUT2D eigenvalue weighted by molar-refractivity contribution is 5.49. The van der Waals surface area contributed by atoms with Crippen LogP contribution in [0.4, 0.5) is 5.69 Å². The third kappa shape index (κ3) is 1.14. The molecule has 1 aromatic rings. The highest BCUT2D eigenvalue weighted by atomic mass is 15.3. The van der Waals surface area contributed by atoms with Crippen LogP contribution in [0.25, 0.3) is 0 Å². The molecule has 2 heterocycles. The highest BCUT2D eigenvalue weighted by Crippen LogP contribution is 2.33. The molecule has 0 N–H and O–H groups in total. The number of fused-ring (bicyclic) bond motifs is 2. The fraction of sp³-hybridized carbons (Fsp3) is 0.500. The molecule has 0 saturated carbocycles. The zero-order valence-corrected chi connectivity index (χ0v) is 8.56. The second kappa shape index (κ2) is 2.99. The monoisotopic (exact) mass is 188 g/mol. The topological polar surface area (TPSA) is 6.48 Å². The van der Waals surface area contributed by atoms with Crippen molar-refractivity contribution in [3.63, 3.8) is 0 Å². The summed E-state index contributed by atoms with van der Waals surface area (Å²) in [6.07, 6.45) is 1.35. The molecule has 74 valence electrons. The van der Waals surface area contributed by atoms with E-state index in [1.807, 2.05) is 0 Å². The largest absolute Gasteiger partial charge is 0.366 e. The van der Waals surface area contributed by atoms with Gasteiger partial charge in [-0.05, 0) is 25.6 Å². The zero-order valence-electron chi connectivity index (χ0n) is 8.56. The summed E-state index contributed by atoms with van der Waals surface area (Å²) in [5.74, 6) is 0. The molecule has 2 nitrogen and oxygen atoms in total. The normalized spacial score (nSPS) is 31.4. The van der Waals surface area contributed by atoms with Crippen LogP contribution >= 0.6 is 0 Å². The Kier molecular flexibility index (Phi) is 1.77. The molecule has 2 fully saturated rings. The van der Waals surface area contributed by atoms with Crippen LogP contribution in [0, 0.1) is 0 Å². The average Bonchev–Trinajstić information content (AvgIpc) is 2.77. The van der Waals surface area contributed by atoms with E-state index in [2.05, 4.69) is 47.2 Å². The number of piperazine rings is 1. The Morgan fingerprint density at radius 3 is 2.43 bits per heavy atom. The van der Waals surface area contributed by atoms with Crippen molar-refractivity contribution < 1.29 is 0 Å². The van der Waals surface area contributed by atoms with Crippen molar-refractivity contribution in [3.8, 4) is 0 Å². The summed E-state index contributed by atoms with van der Waals surface area (Å²) >= 11 is 0. The van der Waals surface area contributed by atoms with Crippen LogP contribution in [0.3, 0.4) is 0 Å². The van der Waals surface area contributed by atoms with Crippen molar-refractivity contribution in [2.24, 2.45) is 0 Å². The summed E-state index contributed by atoms with van der Waals surface area (Å²) < 4.78 is 0. The van der Waals surface area contributed by atoms with Crippen LogP contribution in [-0.4, -0.2) is 37.1 Å². The maximum absolute atomic E-state index is 2.56. The molecule has 0 aromatic heterocycles. The molecular formula is C12H16N2. The van der Waals surface area contributed by atoms with Gasteiger partial charge in [-0.25, -0.2) is 0 Å². The van der Waals surface area contributed by atoms with E-state index in [1.54, 1.807) is 0 Å². The first-order chi connectivity index (χ1) is 6.84. The van der Waals surface area contributed by atoms with E-state index in [4.69, 9.17) is 0 Å². The van der Waals surface area contributed by atoms with Gasteiger partial charge < -0.3 is 4.90 Å². The lowest BCUT2D eigenvalue weighted by molar-refractivity contribution is 0.292. The van der Waals surface area contributed by atoms with E-state index in [0.29, 0.717) is 0 Å². The van der Waals surface area contributed by atoms with Gasteiger partial charge in [-0.3, -0.25) is 4.90 Å². The predicted octanol–water partition coefficient (Wildman–Crippen LogP) is 1.58. The van der Waals surface area contributed by atoms with Gasteiger partial charge >= 0.3 is 0 Å². The Morgan fingerprint density at radius 1 is 1.07 bits per heavy atom. The van der Waals surface area contributed by atoms with Crippen LogP contribution < -0.4 is 4.90 Å². The quantitative estimate of drug-likeness (QED) is 0.660. The lowest BCUT2D eigenvalue weighted by Gasteiger charge is -2.33. The Labute approximate surface area is 85.1 Å². The van der Waals surface area contributed by atoms with Crippen LogP contribution in [-0.2, 0) is 0 Å². The van der Waals surface area contributed by atoms with E-state index in [9.17, 15) is 0 Å². The van der Waals surface area contributed by atoms with Gasteiger partial charge in [-0.15, -0.1) is 0 Å². The predicted molar refractivity (Wildman–Crippen MR) is 58.6 cm³/mol. The molecular weight excluding hydrogens is 172 g/mol. The minimum absolute atomic E-state index is 0.757. The Morgan fingerprint density at radius 2 is 1.86 bits per heavy atom. The Balaban J connectivity index is 1.84. The van der Waals surface area contributed by atoms with Gasteiger partial charge in [0.1, 0.15) is 0 Å². The number of rotatable bonds is 1. The van der Waals surface area contributed by atoms with Crippen LogP contribution in [0.2, 0.25) is 0 Å². The first-order valence-electron chi connectivity index (χ1n) is 5.36. The molecule has 3 rings (SSSR count). The molecule has 0 unspecified atom stereocenters. The zero-order chi connectivity index (χ0) is 9.54. The minimum atomic E-state index is 0.757. The smallest absolute Gasteiger partial charge is 0.0433 e. The average molecular weight is 188 g/mol. The van der Waals surface area contributed by atoms with E-state index >= 15 is 0 Å². The third-order valence-corrected chi connectivity index (χ3v) is 3.60. The van der Waals surface area contributed by atoms with Gasteiger partial charge in [0.25, 0.3) is 0 Å². The molecule has 2 bridgehead atoms. The number of nitrogens with zero attached hydrogens (tertiary/aromatic N) is 2. The lowest BCUT2D eigenvalue weighted by atomic mass is 10.2. The summed E-state index contributed by atoms with van der Waals surface area (Å²) in [7, 11) is 2.24. The second-order valence-corrected chi connectivity index (χ2v) is 4.47. The summed E-state index contributed by atoms with van der Waals surface area (Å²) in [5.41, 5.74) is 1.40. The first-order valence-corrected chi connectivity index (χ1v) is 5.36. The van der Waals surface area contributed by atoms with Crippen molar-refractivity contribution in [1.29, 1.82) is 0 Å². The van der Waals surface area contributed by atoms with Crippen LogP contribution in [0.15, 0.2) is 30.3 Å². The highest BCUT2D eigenvalue weighted by Gasteiger charge is 2.41. The molecule has 0 spiro atoms. The van der Waals surface area contributed by atoms with Crippen molar-refractivity contribution >= 4 is 5.69 Å². The fourth-order valence-corrected chi connectivity index (χ4v) is 2.80. The van der Waals surface area contributed by atoms with Gasteiger partial charge in [-0.2, -0.15) is 0 Å². The van der Waals surface area contributed by atoms with Gasteiger partial charge in [0.2, 0.25) is 0 Å². The SMILES string of the molecule is CN1C[C@@H]2C[C@H]1CN2c1ccccc1. The fourth-order valence-electron chi connectivity index (χ4n) is 2.80. The van der Waals surface area contributed by atoms with Crippen molar-refractivity contribution in [2.75, 3.05) is 25.0 Å². The molecule has 2 atom stereocenters. The summed E-state index contributed by atoms with van der Waals surface area (Å²) in [4.78, 5) is 5.05. The maximum atomic E-state index is 2.56. The standard InChI is InChI=1S/C12H16N2/c1-13-8-12-7-11(13)9-14(12)10-5-3-2-4-6-10/h2-6,11-12H,7-9H2,1H3/t11-,12-/m0/s1. The van der Waals surface area contributed by atoms with Gasteiger partial charge in [0.15, 0.2) is 0 Å². The molecule has 1 aromatic carbocycles.